The molecule has 1 aromatic carbocycles. The first-order valence-electron chi connectivity index (χ1n) is 9.01. The second-order valence-corrected chi connectivity index (χ2v) is 7.85. The minimum absolute atomic E-state index is 0.0654. The highest BCUT2D eigenvalue weighted by molar-refractivity contribution is 7.10. The SMILES string of the molecule is O=c1c(Cl)c(NC(c2ccccc2)c2cccs2)cnn1-c1ccc(C(F)(F)F)cn1. The standard InChI is InChI=1S/C21H14ClF3N4OS/c22-18-15(28-19(16-7-4-10-31-16)13-5-2-1-3-6-13)12-27-29(20(18)30)17-9-8-14(11-26-17)21(23,24)25/h1-12,19,28H. The number of nitrogens with zero attached hydrogens (tertiary/aromatic N) is 3. The first-order valence-corrected chi connectivity index (χ1v) is 10.3. The average molecular weight is 463 g/mol. The lowest BCUT2D eigenvalue weighted by Crippen LogP contribution is -2.24. The molecule has 1 N–H and O–H groups in total. The van der Waals surface area contributed by atoms with Crippen molar-refractivity contribution >= 4 is 28.6 Å². The van der Waals surface area contributed by atoms with E-state index in [0.717, 1.165) is 27.3 Å². The molecular formula is C21H14ClF3N4OS. The molecule has 5 nitrogen and oxygen atoms in total. The number of anilines is 1. The normalized spacial score (nSPS) is 12.5. The van der Waals surface area contributed by atoms with Crippen LogP contribution in [0.4, 0.5) is 18.9 Å². The Labute approximate surface area is 183 Å². The lowest BCUT2D eigenvalue weighted by molar-refractivity contribution is -0.137. The Kier molecular flexibility index (Phi) is 5.79. The molecule has 4 rings (SSSR count). The van der Waals surface area contributed by atoms with E-state index in [1.807, 2.05) is 47.8 Å². The van der Waals surface area contributed by atoms with Gasteiger partial charge in [0.1, 0.15) is 5.02 Å². The summed E-state index contributed by atoms with van der Waals surface area (Å²) in [6.45, 7) is 0. The second kappa shape index (κ2) is 8.52. The van der Waals surface area contributed by atoms with Crippen LogP contribution in [0.5, 0.6) is 0 Å². The van der Waals surface area contributed by atoms with Crippen LogP contribution in [0.3, 0.4) is 0 Å². The highest BCUT2D eigenvalue weighted by Crippen LogP contribution is 2.32. The van der Waals surface area contributed by atoms with Gasteiger partial charge in [0.05, 0.1) is 23.5 Å². The van der Waals surface area contributed by atoms with Gasteiger partial charge in [-0.3, -0.25) is 4.79 Å². The zero-order valence-corrected chi connectivity index (χ0v) is 17.2. The van der Waals surface area contributed by atoms with Gasteiger partial charge in [0.15, 0.2) is 5.82 Å². The van der Waals surface area contributed by atoms with E-state index in [4.69, 9.17) is 11.6 Å². The molecule has 3 heterocycles. The van der Waals surface area contributed by atoms with Gasteiger partial charge in [-0.25, -0.2) is 4.98 Å². The largest absolute Gasteiger partial charge is 0.417 e. The summed E-state index contributed by atoms with van der Waals surface area (Å²) in [7, 11) is 0. The van der Waals surface area contributed by atoms with Gasteiger partial charge < -0.3 is 5.32 Å². The van der Waals surface area contributed by atoms with Gasteiger partial charge in [-0.05, 0) is 29.1 Å². The van der Waals surface area contributed by atoms with E-state index >= 15 is 0 Å². The molecule has 3 aromatic heterocycles. The van der Waals surface area contributed by atoms with Crippen LogP contribution >= 0.6 is 22.9 Å². The van der Waals surface area contributed by atoms with Crippen molar-refractivity contribution in [2.45, 2.75) is 12.2 Å². The summed E-state index contributed by atoms with van der Waals surface area (Å²) in [6, 6.07) is 15.1. The van der Waals surface area contributed by atoms with Crippen LogP contribution in [-0.2, 0) is 6.18 Å². The van der Waals surface area contributed by atoms with E-state index in [9.17, 15) is 18.0 Å². The zero-order valence-electron chi connectivity index (χ0n) is 15.7. The Bertz CT molecular complexity index is 1230. The number of halogens is 4. The van der Waals surface area contributed by atoms with Crippen molar-refractivity contribution in [3.63, 3.8) is 0 Å². The third kappa shape index (κ3) is 4.47. The fraction of sp³-hybridized carbons (Fsp3) is 0.0952. The molecule has 10 heteroatoms. The fourth-order valence-electron chi connectivity index (χ4n) is 2.95. The predicted molar refractivity (Wildman–Crippen MR) is 114 cm³/mol. The Hall–Kier alpha value is -3.17. The van der Waals surface area contributed by atoms with Crippen molar-refractivity contribution in [2.75, 3.05) is 5.32 Å². The molecule has 4 aromatic rings. The number of pyridine rings is 1. The minimum Gasteiger partial charge on any atom is -0.371 e. The highest BCUT2D eigenvalue weighted by Gasteiger charge is 2.30. The third-order valence-corrected chi connectivity index (χ3v) is 5.77. The monoisotopic (exact) mass is 462 g/mol. The van der Waals surface area contributed by atoms with Crippen LogP contribution in [0.25, 0.3) is 5.82 Å². The van der Waals surface area contributed by atoms with Crippen LogP contribution in [0.1, 0.15) is 22.0 Å². The summed E-state index contributed by atoms with van der Waals surface area (Å²) in [5.74, 6) is -0.0654. The molecule has 0 saturated carbocycles. The van der Waals surface area contributed by atoms with Crippen LogP contribution in [-0.4, -0.2) is 14.8 Å². The Balaban J connectivity index is 1.68. The minimum atomic E-state index is -4.52. The molecule has 1 unspecified atom stereocenters. The van der Waals surface area contributed by atoms with Gasteiger partial charge in [0.2, 0.25) is 0 Å². The predicted octanol–water partition coefficient (Wildman–Crippen LogP) is 5.56. The van der Waals surface area contributed by atoms with Crippen LogP contribution in [0, 0.1) is 0 Å². The summed E-state index contributed by atoms with van der Waals surface area (Å²) in [4.78, 5) is 17.5. The highest BCUT2D eigenvalue weighted by atomic mass is 35.5. The fourth-order valence-corrected chi connectivity index (χ4v) is 3.94. The number of aromatic nitrogens is 3. The number of alkyl halides is 3. The van der Waals surface area contributed by atoms with Crippen molar-refractivity contribution in [3.8, 4) is 5.82 Å². The average Bonchev–Trinajstić information content (AvgIpc) is 3.29. The van der Waals surface area contributed by atoms with Crippen LogP contribution < -0.4 is 10.9 Å². The molecule has 0 aliphatic heterocycles. The molecule has 0 amide bonds. The molecule has 0 bridgehead atoms. The quantitative estimate of drug-likeness (QED) is 0.421. The molecule has 0 aliphatic rings. The first-order chi connectivity index (χ1) is 14.8. The van der Waals surface area contributed by atoms with E-state index < -0.39 is 17.3 Å². The summed E-state index contributed by atoms with van der Waals surface area (Å²) in [6.07, 6.45) is -2.53. The number of benzene rings is 1. The first kappa shape index (κ1) is 21.1. The van der Waals surface area contributed by atoms with Crippen molar-refractivity contribution < 1.29 is 13.2 Å². The van der Waals surface area contributed by atoms with E-state index in [2.05, 4.69) is 15.4 Å². The van der Waals surface area contributed by atoms with E-state index in [-0.39, 0.29) is 16.9 Å². The molecule has 1 atom stereocenters. The summed E-state index contributed by atoms with van der Waals surface area (Å²) in [5.41, 5.74) is -0.348. The summed E-state index contributed by atoms with van der Waals surface area (Å²) < 4.78 is 39.1. The summed E-state index contributed by atoms with van der Waals surface area (Å²) >= 11 is 7.85. The number of hydrogen-bond donors (Lipinski definition) is 1. The van der Waals surface area contributed by atoms with Crippen molar-refractivity contribution in [1.29, 1.82) is 0 Å². The Morgan fingerprint density at radius 1 is 1.03 bits per heavy atom. The third-order valence-electron chi connectivity index (χ3n) is 4.47. The van der Waals surface area contributed by atoms with Gasteiger partial charge in [-0.15, -0.1) is 11.3 Å². The molecule has 31 heavy (non-hydrogen) atoms. The number of rotatable bonds is 5. The van der Waals surface area contributed by atoms with Gasteiger partial charge in [0, 0.05) is 11.1 Å². The van der Waals surface area contributed by atoms with E-state index in [0.29, 0.717) is 11.9 Å². The van der Waals surface area contributed by atoms with Crippen molar-refractivity contribution in [2.24, 2.45) is 0 Å². The number of thiophene rings is 1. The van der Waals surface area contributed by atoms with Gasteiger partial charge in [-0.1, -0.05) is 48.0 Å². The van der Waals surface area contributed by atoms with Crippen molar-refractivity contribution in [1.82, 2.24) is 14.8 Å². The Morgan fingerprint density at radius 3 is 2.42 bits per heavy atom. The van der Waals surface area contributed by atoms with Gasteiger partial charge in [-0.2, -0.15) is 23.0 Å². The number of nitrogens with one attached hydrogen (secondary N) is 1. The maximum Gasteiger partial charge on any atom is 0.417 e. The molecular weight excluding hydrogens is 449 g/mol. The van der Waals surface area contributed by atoms with Gasteiger partial charge in [0.25, 0.3) is 5.56 Å². The maximum atomic E-state index is 12.7. The molecule has 158 valence electrons. The molecule has 0 spiro atoms. The maximum absolute atomic E-state index is 12.7. The Morgan fingerprint density at radius 2 is 1.81 bits per heavy atom. The molecule has 0 aliphatic carbocycles. The second-order valence-electron chi connectivity index (χ2n) is 6.50. The number of hydrogen-bond acceptors (Lipinski definition) is 5. The lowest BCUT2D eigenvalue weighted by Gasteiger charge is -2.20. The van der Waals surface area contributed by atoms with E-state index in [1.165, 1.54) is 6.20 Å². The molecule has 0 saturated heterocycles. The van der Waals surface area contributed by atoms with Crippen LogP contribution in [0.15, 0.2) is 77.2 Å². The zero-order chi connectivity index (χ0) is 22.0. The molecule has 0 radical (unpaired) electrons. The van der Waals surface area contributed by atoms with Crippen LogP contribution in [0.2, 0.25) is 5.02 Å². The van der Waals surface area contributed by atoms with E-state index in [1.54, 1.807) is 11.3 Å². The summed E-state index contributed by atoms with van der Waals surface area (Å²) in [5, 5.41) is 9.10. The lowest BCUT2D eigenvalue weighted by atomic mass is 10.1. The molecule has 0 fully saturated rings. The van der Waals surface area contributed by atoms with Crippen molar-refractivity contribution in [3.05, 3.63) is 104 Å². The smallest absolute Gasteiger partial charge is 0.371 e. The van der Waals surface area contributed by atoms with Gasteiger partial charge >= 0.3 is 6.18 Å². The topological polar surface area (TPSA) is 59.8 Å².